The fourth-order valence-corrected chi connectivity index (χ4v) is 1.36. The van der Waals surface area contributed by atoms with Gasteiger partial charge in [-0.2, -0.15) is 0 Å². The first kappa shape index (κ1) is 10.2. The van der Waals surface area contributed by atoms with Crippen molar-refractivity contribution in [1.29, 1.82) is 0 Å². The number of pyridine rings is 1. The fraction of sp³-hybridized carbons (Fsp3) is 0.0909. The van der Waals surface area contributed by atoms with Gasteiger partial charge in [0, 0.05) is 11.5 Å². The third kappa shape index (κ3) is 2.03. The van der Waals surface area contributed by atoms with E-state index in [2.05, 4.69) is 9.72 Å². The summed E-state index contributed by atoms with van der Waals surface area (Å²) in [6.07, 6.45) is -1.37. The predicted molar refractivity (Wildman–Crippen MR) is 56.9 cm³/mol. The van der Waals surface area contributed by atoms with Crippen molar-refractivity contribution in [2.45, 2.75) is 0 Å². The number of methoxy groups -OCH3 is 1. The second-order valence-corrected chi connectivity index (χ2v) is 3.08. The zero-order valence-corrected chi connectivity index (χ0v) is 8.51. The molecule has 1 aromatic heterocycles. The highest BCUT2D eigenvalue weighted by Crippen LogP contribution is 2.21. The van der Waals surface area contributed by atoms with Gasteiger partial charge in [-0.15, -0.1) is 0 Å². The Morgan fingerprint density at radius 2 is 2.12 bits per heavy atom. The number of aromatic nitrogens is 1. The van der Waals surface area contributed by atoms with Gasteiger partial charge in [-0.3, -0.25) is 0 Å². The van der Waals surface area contributed by atoms with Gasteiger partial charge in [-0.25, -0.2) is 9.78 Å². The molecule has 5 nitrogen and oxygen atoms in total. The van der Waals surface area contributed by atoms with Crippen LogP contribution < -0.4 is 9.47 Å². The van der Waals surface area contributed by atoms with E-state index < -0.39 is 6.16 Å². The Morgan fingerprint density at radius 3 is 2.81 bits per heavy atom. The number of carbonyl (C=O) groups is 1. The summed E-state index contributed by atoms with van der Waals surface area (Å²) in [5.41, 5.74) is 0.652. The molecule has 2 aromatic rings. The number of nitrogens with zero attached hydrogens (tertiary/aromatic N) is 1. The zero-order chi connectivity index (χ0) is 11.5. The van der Waals surface area contributed by atoms with Crippen LogP contribution in [0.5, 0.6) is 11.6 Å². The molecule has 1 N–H and O–H groups in total. The van der Waals surface area contributed by atoms with Gasteiger partial charge in [0.2, 0.25) is 5.88 Å². The number of hydrogen-bond donors (Lipinski definition) is 1. The lowest BCUT2D eigenvalue weighted by Crippen LogP contribution is -2.04. The van der Waals surface area contributed by atoms with E-state index in [4.69, 9.17) is 9.84 Å². The van der Waals surface area contributed by atoms with Gasteiger partial charge in [0.1, 0.15) is 5.75 Å². The molecule has 0 saturated carbocycles. The standard InChI is InChI=1S/C11H9NO4/c1-15-8-3-4-9-7(6-8)2-5-10(12-9)16-11(13)14/h2-6H,1H3,(H,13,14). The lowest BCUT2D eigenvalue weighted by molar-refractivity contribution is 0.142. The zero-order valence-electron chi connectivity index (χ0n) is 8.51. The fourth-order valence-electron chi connectivity index (χ4n) is 1.36. The van der Waals surface area contributed by atoms with Crippen LogP contribution >= 0.6 is 0 Å². The van der Waals surface area contributed by atoms with E-state index in [1.165, 1.54) is 6.07 Å². The van der Waals surface area contributed by atoms with Crippen molar-refractivity contribution in [2.24, 2.45) is 0 Å². The molecule has 0 bridgehead atoms. The molecule has 0 saturated heterocycles. The Morgan fingerprint density at radius 1 is 1.31 bits per heavy atom. The second-order valence-electron chi connectivity index (χ2n) is 3.08. The van der Waals surface area contributed by atoms with E-state index in [1.807, 2.05) is 6.07 Å². The average molecular weight is 219 g/mol. The number of hydrogen-bond acceptors (Lipinski definition) is 4. The van der Waals surface area contributed by atoms with E-state index in [0.717, 1.165) is 11.1 Å². The van der Waals surface area contributed by atoms with Crippen molar-refractivity contribution in [3.8, 4) is 11.6 Å². The summed E-state index contributed by atoms with van der Waals surface area (Å²) in [6.45, 7) is 0. The molecular formula is C11H9NO4. The van der Waals surface area contributed by atoms with Crippen molar-refractivity contribution in [1.82, 2.24) is 4.98 Å². The van der Waals surface area contributed by atoms with E-state index in [9.17, 15) is 4.79 Å². The van der Waals surface area contributed by atoms with Crippen LogP contribution in [0.4, 0.5) is 4.79 Å². The molecule has 5 heteroatoms. The topological polar surface area (TPSA) is 68.7 Å². The first-order valence-electron chi connectivity index (χ1n) is 4.54. The summed E-state index contributed by atoms with van der Waals surface area (Å²) in [5.74, 6) is 0.784. The smallest absolute Gasteiger partial charge is 0.497 e. The predicted octanol–water partition coefficient (Wildman–Crippen LogP) is 2.30. The van der Waals surface area contributed by atoms with Gasteiger partial charge in [-0.1, -0.05) is 0 Å². The molecule has 0 atom stereocenters. The molecule has 1 aromatic carbocycles. The van der Waals surface area contributed by atoms with Gasteiger partial charge in [-0.05, 0) is 24.3 Å². The van der Waals surface area contributed by atoms with Crippen molar-refractivity contribution < 1.29 is 19.4 Å². The van der Waals surface area contributed by atoms with Crippen LogP contribution in [-0.4, -0.2) is 23.4 Å². The minimum absolute atomic E-state index is 0.0603. The Bertz CT molecular complexity index is 538. The van der Waals surface area contributed by atoms with Crippen molar-refractivity contribution in [3.05, 3.63) is 30.3 Å². The van der Waals surface area contributed by atoms with Crippen LogP contribution in [0.1, 0.15) is 0 Å². The molecule has 82 valence electrons. The normalized spacial score (nSPS) is 10.1. The summed E-state index contributed by atoms with van der Waals surface area (Å²) in [7, 11) is 1.58. The van der Waals surface area contributed by atoms with E-state index in [1.54, 1.807) is 25.3 Å². The third-order valence-electron chi connectivity index (χ3n) is 2.06. The van der Waals surface area contributed by atoms with Crippen LogP contribution in [0, 0.1) is 0 Å². The van der Waals surface area contributed by atoms with E-state index in [0.29, 0.717) is 5.52 Å². The summed E-state index contributed by atoms with van der Waals surface area (Å²) >= 11 is 0. The van der Waals surface area contributed by atoms with E-state index in [-0.39, 0.29) is 5.88 Å². The summed E-state index contributed by atoms with van der Waals surface area (Å²) in [4.78, 5) is 14.4. The molecule has 0 fully saturated rings. The number of carboxylic acid groups (broad SMARTS) is 1. The van der Waals surface area contributed by atoms with Gasteiger partial charge >= 0.3 is 6.16 Å². The highest BCUT2D eigenvalue weighted by Gasteiger charge is 2.04. The minimum Gasteiger partial charge on any atom is -0.497 e. The SMILES string of the molecule is COc1ccc2nc(OC(=O)O)ccc2c1. The molecule has 0 spiro atoms. The molecule has 0 aliphatic carbocycles. The molecule has 1 heterocycles. The largest absolute Gasteiger partial charge is 0.512 e. The third-order valence-corrected chi connectivity index (χ3v) is 2.06. The number of fused-ring (bicyclic) bond motifs is 1. The number of rotatable bonds is 2. The van der Waals surface area contributed by atoms with Crippen LogP contribution in [0.15, 0.2) is 30.3 Å². The molecule has 0 aliphatic heterocycles. The van der Waals surface area contributed by atoms with Gasteiger partial charge in [0.15, 0.2) is 0 Å². The van der Waals surface area contributed by atoms with Crippen LogP contribution in [0.2, 0.25) is 0 Å². The van der Waals surface area contributed by atoms with Gasteiger partial charge < -0.3 is 14.6 Å². The molecule has 0 aliphatic rings. The maximum Gasteiger partial charge on any atom is 0.512 e. The van der Waals surface area contributed by atoms with Crippen molar-refractivity contribution >= 4 is 17.1 Å². The Labute approximate surface area is 91.2 Å². The summed E-state index contributed by atoms with van der Waals surface area (Å²) < 4.78 is 9.52. The highest BCUT2D eigenvalue weighted by molar-refractivity contribution is 5.81. The first-order valence-corrected chi connectivity index (χ1v) is 4.54. The Balaban J connectivity index is 2.43. The average Bonchev–Trinajstić information content (AvgIpc) is 2.27. The summed E-state index contributed by atoms with van der Waals surface area (Å²) in [6, 6.07) is 8.52. The monoisotopic (exact) mass is 219 g/mol. The van der Waals surface area contributed by atoms with Crippen molar-refractivity contribution in [3.63, 3.8) is 0 Å². The molecule has 16 heavy (non-hydrogen) atoms. The van der Waals surface area contributed by atoms with Gasteiger partial charge in [0.25, 0.3) is 0 Å². The highest BCUT2D eigenvalue weighted by atomic mass is 16.7. The minimum atomic E-state index is -1.37. The second kappa shape index (κ2) is 4.06. The molecule has 0 radical (unpaired) electrons. The lowest BCUT2D eigenvalue weighted by atomic mass is 10.2. The van der Waals surface area contributed by atoms with Crippen LogP contribution in [0.25, 0.3) is 10.9 Å². The van der Waals surface area contributed by atoms with Crippen molar-refractivity contribution in [2.75, 3.05) is 7.11 Å². The maximum atomic E-state index is 10.3. The lowest BCUT2D eigenvalue weighted by Gasteiger charge is -2.03. The van der Waals surface area contributed by atoms with Crippen LogP contribution in [0.3, 0.4) is 0 Å². The first-order chi connectivity index (χ1) is 7.69. The Kier molecular flexibility index (Phi) is 2.59. The van der Waals surface area contributed by atoms with Gasteiger partial charge in [0.05, 0.1) is 12.6 Å². The van der Waals surface area contributed by atoms with Crippen LogP contribution in [-0.2, 0) is 0 Å². The number of benzene rings is 1. The number of ether oxygens (including phenoxy) is 2. The summed E-state index contributed by atoms with van der Waals surface area (Å²) in [5, 5.41) is 9.30. The molecule has 0 unspecified atom stereocenters. The Hall–Kier alpha value is -2.30. The maximum absolute atomic E-state index is 10.3. The van der Waals surface area contributed by atoms with E-state index >= 15 is 0 Å². The molecule has 0 amide bonds. The quantitative estimate of drug-likeness (QED) is 0.785. The molecule has 2 rings (SSSR count). The molecular weight excluding hydrogens is 210 g/mol.